The number of rotatable bonds is 8. The minimum absolute atomic E-state index is 0. The quantitative estimate of drug-likeness (QED) is 0.694. The second-order valence-electron chi connectivity index (χ2n) is 7.24. The fourth-order valence-electron chi connectivity index (χ4n) is 4.48. The summed E-state index contributed by atoms with van der Waals surface area (Å²) in [6.45, 7) is 0.982. The second kappa shape index (κ2) is 10.6. The molecule has 0 amide bonds. The van der Waals surface area contributed by atoms with Gasteiger partial charge in [-0.2, -0.15) is 0 Å². The lowest BCUT2D eigenvalue weighted by Gasteiger charge is -2.34. The molecular weight excluding hydrogens is 374 g/mol. The van der Waals surface area contributed by atoms with Crippen molar-refractivity contribution in [2.24, 2.45) is 5.92 Å². The molecule has 4 nitrogen and oxygen atoms in total. The van der Waals surface area contributed by atoms with Crippen molar-refractivity contribution in [2.75, 3.05) is 34.9 Å². The molecule has 0 saturated carbocycles. The molecule has 0 bridgehead atoms. The van der Waals surface area contributed by atoms with Gasteiger partial charge in [0.05, 0.1) is 21.3 Å². The van der Waals surface area contributed by atoms with Crippen LogP contribution in [-0.2, 0) is 12.8 Å². The summed E-state index contributed by atoms with van der Waals surface area (Å²) >= 11 is 0. The average molecular weight is 406 g/mol. The summed E-state index contributed by atoms with van der Waals surface area (Å²) in [6.07, 6.45) is 4.46. The predicted octanol–water partition coefficient (Wildman–Crippen LogP) is 4.63. The largest absolute Gasteiger partial charge is 0.497 e. The molecule has 1 N–H and O–H groups in total. The van der Waals surface area contributed by atoms with Gasteiger partial charge in [-0.25, -0.2) is 0 Å². The number of ether oxygens (including phenoxy) is 3. The average Bonchev–Trinajstić information content (AvgIpc) is 2.72. The standard InChI is InChI=1S/C23H31NO3.ClH/c1-24-15-17(13-16-7-5-8-18(14-16)25-2)19-9-6-10-21-20(19)11-12-22(26-3)23(21)27-4;/h5,7-8,11-12,14,17,19,24H,6,9-10,13,15H2,1-4H3;1H. The van der Waals surface area contributed by atoms with Gasteiger partial charge in [0.1, 0.15) is 5.75 Å². The first-order chi connectivity index (χ1) is 13.2. The summed E-state index contributed by atoms with van der Waals surface area (Å²) in [6, 6.07) is 12.7. The monoisotopic (exact) mass is 405 g/mol. The van der Waals surface area contributed by atoms with Gasteiger partial charge in [-0.1, -0.05) is 18.2 Å². The fourth-order valence-corrected chi connectivity index (χ4v) is 4.48. The highest BCUT2D eigenvalue weighted by atomic mass is 35.5. The maximum absolute atomic E-state index is 5.71. The van der Waals surface area contributed by atoms with Gasteiger partial charge in [0, 0.05) is 5.56 Å². The first-order valence-corrected chi connectivity index (χ1v) is 9.73. The highest BCUT2D eigenvalue weighted by molar-refractivity contribution is 5.85. The van der Waals surface area contributed by atoms with Crippen LogP contribution in [0.15, 0.2) is 36.4 Å². The zero-order valence-corrected chi connectivity index (χ0v) is 18.1. The molecule has 1 aliphatic rings. The van der Waals surface area contributed by atoms with Crippen LogP contribution in [0.3, 0.4) is 0 Å². The molecule has 0 heterocycles. The molecule has 154 valence electrons. The molecule has 2 aromatic rings. The van der Waals surface area contributed by atoms with Crippen molar-refractivity contribution in [2.45, 2.75) is 31.6 Å². The molecule has 2 aromatic carbocycles. The van der Waals surface area contributed by atoms with Crippen molar-refractivity contribution in [3.05, 3.63) is 53.1 Å². The summed E-state index contributed by atoms with van der Waals surface area (Å²) in [5, 5.41) is 3.41. The Kier molecular flexibility index (Phi) is 8.46. The zero-order valence-electron chi connectivity index (χ0n) is 17.3. The van der Waals surface area contributed by atoms with Crippen LogP contribution in [0.1, 0.15) is 35.4 Å². The molecule has 3 rings (SSSR count). The van der Waals surface area contributed by atoms with E-state index >= 15 is 0 Å². The van der Waals surface area contributed by atoms with Crippen molar-refractivity contribution in [3.63, 3.8) is 0 Å². The van der Waals surface area contributed by atoms with Crippen LogP contribution < -0.4 is 19.5 Å². The first kappa shape index (κ1) is 22.4. The third-order valence-corrected chi connectivity index (χ3v) is 5.69. The number of halogens is 1. The second-order valence-corrected chi connectivity index (χ2v) is 7.24. The summed E-state index contributed by atoms with van der Waals surface area (Å²) < 4.78 is 16.6. The van der Waals surface area contributed by atoms with Crippen molar-refractivity contribution < 1.29 is 14.2 Å². The number of hydrogen-bond acceptors (Lipinski definition) is 4. The molecule has 0 spiro atoms. The maximum Gasteiger partial charge on any atom is 0.164 e. The van der Waals surface area contributed by atoms with Gasteiger partial charge in [-0.3, -0.25) is 0 Å². The lowest BCUT2D eigenvalue weighted by Crippen LogP contribution is -2.29. The summed E-state index contributed by atoms with van der Waals surface area (Å²) in [5.74, 6) is 3.68. The summed E-state index contributed by atoms with van der Waals surface area (Å²) in [5.41, 5.74) is 4.06. The number of nitrogens with one attached hydrogen (secondary N) is 1. The van der Waals surface area contributed by atoms with E-state index in [1.54, 1.807) is 21.3 Å². The van der Waals surface area contributed by atoms with Crippen LogP contribution in [0.25, 0.3) is 0 Å². The van der Waals surface area contributed by atoms with E-state index in [1.165, 1.54) is 29.5 Å². The van der Waals surface area contributed by atoms with E-state index in [9.17, 15) is 0 Å². The van der Waals surface area contributed by atoms with E-state index < -0.39 is 0 Å². The Balaban J connectivity index is 0.00000280. The molecule has 5 heteroatoms. The molecule has 0 saturated heterocycles. The Bertz CT molecular complexity index is 766. The van der Waals surface area contributed by atoms with Crippen LogP contribution in [0.4, 0.5) is 0 Å². The van der Waals surface area contributed by atoms with Gasteiger partial charge in [0.15, 0.2) is 11.5 Å². The minimum atomic E-state index is 0. The lowest BCUT2D eigenvalue weighted by atomic mass is 9.73. The smallest absolute Gasteiger partial charge is 0.164 e. The highest BCUT2D eigenvalue weighted by Gasteiger charge is 2.30. The van der Waals surface area contributed by atoms with E-state index in [0.29, 0.717) is 11.8 Å². The zero-order chi connectivity index (χ0) is 19.2. The normalized spacial score (nSPS) is 16.5. The Labute approximate surface area is 175 Å². The Morgan fingerprint density at radius 1 is 1.07 bits per heavy atom. The van der Waals surface area contributed by atoms with Gasteiger partial charge >= 0.3 is 0 Å². The SMILES string of the molecule is CNCC(Cc1cccc(OC)c1)C1CCCc2c1ccc(OC)c2OC.Cl. The van der Waals surface area contributed by atoms with Crippen LogP contribution in [0.5, 0.6) is 17.2 Å². The molecule has 2 unspecified atom stereocenters. The van der Waals surface area contributed by atoms with Gasteiger partial charge < -0.3 is 19.5 Å². The van der Waals surface area contributed by atoms with Gasteiger partial charge in [-0.15, -0.1) is 12.4 Å². The molecule has 0 aromatic heterocycles. The van der Waals surface area contributed by atoms with Crippen LogP contribution in [0.2, 0.25) is 0 Å². The van der Waals surface area contributed by atoms with Crippen molar-refractivity contribution in [1.82, 2.24) is 5.32 Å². The van der Waals surface area contributed by atoms with Crippen LogP contribution in [0, 0.1) is 5.92 Å². The Hall–Kier alpha value is -1.91. The lowest BCUT2D eigenvalue weighted by molar-refractivity contribution is 0.335. The number of benzene rings is 2. The predicted molar refractivity (Wildman–Crippen MR) is 117 cm³/mol. The first-order valence-electron chi connectivity index (χ1n) is 9.73. The van der Waals surface area contributed by atoms with Gasteiger partial charge in [0.2, 0.25) is 0 Å². The van der Waals surface area contributed by atoms with Gasteiger partial charge in [-0.05, 0) is 80.4 Å². The third kappa shape index (κ3) is 4.73. The molecule has 0 fully saturated rings. The number of hydrogen-bond donors (Lipinski definition) is 1. The molecule has 0 radical (unpaired) electrons. The summed E-state index contributed by atoms with van der Waals surface area (Å²) in [4.78, 5) is 0. The highest BCUT2D eigenvalue weighted by Crippen LogP contribution is 2.45. The van der Waals surface area contributed by atoms with Crippen molar-refractivity contribution in [3.8, 4) is 17.2 Å². The maximum atomic E-state index is 5.71. The van der Waals surface area contributed by atoms with E-state index in [4.69, 9.17) is 14.2 Å². The molecule has 0 aliphatic heterocycles. The fraction of sp³-hybridized carbons (Fsp3) is 0.478. The number of fused-ring (bicyclic) bond motifs is 1. The molecule has 28 heavy (non-hydrogen) atoms. The Morgan fingerprint density at radius 2 is 1.89 bits per heavy atom. The topological polar surface area (TPSA) is 39.7 Å². The van der Waals surface area contributed by atoms with Gasteiger partial charge in [0.25, 0.3) is 0 Å². The van der Waals surface area contributed by atoms with E-state index in [0.717, 1.165) is 36.6 Å². The van der Waals surface area contributed by atoms with Crippen LogP contribution in [-0.4, -0.2) is 34.9 Å². The van der Waals surface area contributed by atoms with Crippen molar-refractivity contribution in [1.29, 1.82) is 0 Å². The van der Waals surface area contributed by atoms with Crippen LogP contribution >= 0.6 is 12.4 Å². The third-order valence-electron chi connectivity index (χ3n) is 5.69. The molecule has 1 aliphatic carbocycles. The van der Waals surface area contributed by atoms with Crippen molar-refractivity contribution >= 4 is 12.4 Å². The minimum Gasteiger partial charge on any atom is -0.497 e. The van der Waals surface area contributed by atoms with E-state index in [1.807, 2.05) is 13.1 Å². The number of methoxy groups -OCH3 is 3. The molecular formula is C23H32ClNO3. The Morgan fingerprint density at radius 3 is 2.57 bits per heavy atom. The van der Waals surface area contributed by atoms with E-state index in [-0.39, 0.29) is 12.4 Å². The molecule has 2 atom stereocenters. The van der Waals surface area contributed by atoms with E-state index in [2.05, 4.69) is 35.6 Å². The summed E-state index contributed by atoms with van der Waals surface area (Å²) in [7, 11) is 7.21.